The van der Waals surface area contributed by atoms with Crippen LogP contribution in [0, 0.1) is 6.92 Å². The van der Waals surface area contributed by atoms with E-state index in [4.69, 9.17) is 5.73 Å². The zero-order valence-corrected chi connectivity index (χ0v) is 12.4. The van der Waals surface area contributed by atoms with E-state index < -0.39 is 11.5 Å². The summed E-state index contributed by atoms with van der Waals surface area (Å²) in [5.74, 6) is 0. The van der Waals surface area contributed by atoms with Gasteiger partial charge in [-0.2, -0.15) is 0 Å². The summed E-state index contributed by atoms with van der Waals surface area (Å²) < 4.78 is 0. The van der Waals surface area contributed by atoms with Crippen LogP contribution in [0.1, 0.15) is 41.3 Å². The summed E-state index contributed by atoms with van der Waals surface area (Å²) in [5.41, 5.74) is 10.0. The highest BCUT2D eigenvalue weighted by atomic mass is 16.3. The summed E-state index contributed by atoms with van der Waals surface area (Å²) in [5, 5.41) is 11.0. The molecule has 3 N–H and O–H groups in total. The molecule has 3 heteroatoms. The maximum absolute atomic E-state index is 11.0. The molecule has 21 heavy (non-hydrogen) atoms. The lowest BCUT2D eigenvalue weighted by Gasteiger charge is -2.41. The maximum Gasteiger partial charge on any atom is 0.107 e. The Kier molecular flexibility index (Phi) is 3.79. The van der Waals surface area contributed by atoms with Crippen molar-refractivity contribution in [1.29, 1.82) is 0 Å². The van der Waals surface area contributed by atoms with Crippen molar-refractivity contribution in [3.05, 3.63) is 65.0 Å². The zero-order chi connectivity index (χ0) is 14.9. The second-order valence-electron chi connectivity index (χ2n) is 6.03. The van der Waals surface area contributed by atoms with Crippen LogP contribution in [0.25, 0.3) is 0 Å². The van der Waals surface area contributed by atoms with E-state index in [9.17, 15) is 5.11 Å². The Bertz CT molecular complexity index is 623. The quantitative estimate of drug-likeness (QED) is 0.910. The molecule has 0 saturated carbocycles. The number of rotatable bonds is 3. The molecule has 0 saturated heterocycles. The topological polar surface area (TPSA) is 59.1 Å². The molecule has 0 radical (unpaired) electrons. The molecule has 3 nitrogen and oxygen atoms in total. The van der Waals surface area contributed by atoms with Crippen molar-refractivity contribution in [1.82, 2.24) is 4.98 Å². The Morgan fingerprint density at radius 2 is 2.10 bits per heavy atom. The first-order valence-corrected chi connectivity index (χ1v) is 7.56. The van der Waals surface area contributed by atoms with Crippen molar-refractivity contribution in [3.63, 3.8) is 0 Å². The van der Waals surface area contributed by atoms with Crippen molar-refractivity contribution >= 4 is 0 Å². The summed E-state index contributed by atoms with van der Waals surface area (Å²) in [4.78, 5) is 4.41. The second-order valence-corrected chi connectivity index (χ2v) is 6.03. The Labute approximate surface area is 125 Å². The van der Waals surface area contributed by atoms with Crippen LogP contribution in [0.5, 0.6) is 0 Å². The fourth-order valence-corrected chi connectivity index (χ4v) is 3.48. The minimum atomic E-state index is -0.662. The van der Waals surface area contributed by atoms with Crippen LogP contribution in [-0.4, -0.2) is 16.6 Å². The number of hydrogen-bond donors (Lipinski definition) is 2. The van der Waals surface area contributed by atoms with Gasteiger partial charge in [-0.1, -0.05) is 30.3 Å². The fourth-order valence-electron chi connectivity index (χ4n) is 3.48. The van der Waals surface area contributed by atoms with Crippen LogP contribution >= 0.6 is 0 Å². The molecule has 0 spiro atoms. The van der Waals surface area contributed by atoms with Crippen molar-refractivity contribution < 1.29 is 5.11 Å². The summed E-state index contributed by atoms with van der Waals surface area (Å²) in [6, 6.07) is 12.2. The van der Waals surface area contributed by atoms with Gasteiger partial charge >= 0.3 is 0 Å². The van der Waals surface area contributed by atoms with Gasteiger partial charge in [0.05, 0.1) is 5.69 Å². The van der Waals surface area contributed by atoms with Gasteiger partial charge in [0.1, 0.15) is 6.10 Å². The first-order valence-electron chi connectivity index (χ1n) is 7.56. The van der Waals surface area contributed by atoms with E-state index in [2.05, 4.69) is 23.2 Å². The average molecular weight is 282 g/mol. The van der Waals surface area contributed by atoms with Gasteiger partial charge in [0.15, 0.2) is 0 Å². The number of nitrogens with zero attached hydrogens (tertiary/aromatic N) is 1. The molecule has 1 aliphatic rings. The number of aromatic nitrogens is 1. The number of nitrogens with two attached hydrogens (primary N) is 1. The predicted octanol–water partition coefficient (Wildman–Crippen LogP) is 2.66. The molecule has 1 aromatic heterocycles. The third-order valence-electron chi connectivity index (χ3n) is 4.72. The Morgan fingerprint density at radius 3 is 2.81 bits per heavy atom. The Hall–Kier alpha value is -1.71. The highest BCUT2D eigenvalue weighted by molar-refractivity contribution is 5.40. The molecule has 1 aliphatic carbocycles. The SMILES string of the molecule is Cc1ccc(C(O)C2(CN)CCCc3ccccc32)nc1. The molecule has 0 fully saturated rings. The highest BCUT2D eigenvalue weighted by Gasteiger charge is 2.42. The highest BCUT2D eigenvalue weighted by Crippen LogP contribution is 2.44. The van der Waals surface area contributed by atoms with Crippen LogP contribution < -0.4 is 5.73 Å². The largest absolute Gasteiger partial charge is 0.386 e. The van der Waals surface area contributed by atoms with Crippen molar-refractivity contribution in [3.8, 4) is 0 Å². The van der Waals surface area contributed by atoms with Crippen molar-refractivity contribution in [2.24, 2.45) is 5.73 Å². The van der Waals surface area contributed by atoms with Gasteiger partial charge in [-0.25, -0.2) is 0 Å². The third-order valence-corrected chi connectivity index (χ3v) is 4.72. The van der Waals surface area contributed by atoms with Gasteiger partial charge in [0.25, 0.3) is 0 Å². The number of hydrogen-bond acceptors (Lipinski definition) is 3. The second kappa shape index (κ2) is 5.58. The van der Waals surface area contributed by atoms with Gasteiger partial charge < -0.3 is 10.8 Å². The molecular formula is C18H22N2O. The van der Waals surface area contributed by atoms with Gasteiger partial charge in [0, 0.05) is 18.2 Å². The summed E-state index contributed by atoms with van der Waals surface area (Å²) in [6.07, 6.45) is 4.15. The van der Waals surface area contributed by atoms with Crippen molar-refractivity contribution in [2.45, 2.75) is 37.7 Å². The number of benzene rings is 1. The summed E-state index contributed by atoms with van der Waals surface area (Å²) >= 11 is 0. The van der Waals surface area contributed by atoms with E-state index in [-0.39, 0.29) is 0 Å². The van der Waals surface area contributed by atoms with Crippen molar-refractivity contribution in [2.75, 3.05) is 6.54 Å². The van der Waals surface area contributed by atoms with Crippen LogP contribution in [0.3, 0.4) is 0 Å². The van der Waals surface area contributed by atoms with Crippen LogP contribution in [0.15, 0.2) is 42.6 Å². The number of aryl methyl sites for hydroxylation is 2. The fraction of sp³-hybridized carbons (Fsp3) is 0.389. The minimum Gasteiger partial charge on any atom is -0.386 e. The normalized spacial score (nSPS) is 22.6. The summed E-state index contributed by atoms with van der Waals surface area (Å²) in [6.45, 7) is 2.43. The lowest BCUT2D eigenvalue weighted by molar-refractivity contribution is 0.0681. The molecule has 0 amide bonds. The number of pyridine rings is 1. The van der Waals surface area contributed by atoms with Gasteiger partial charge in [-0.15, -0.1) is 0 Å². The van der Waals surface area contributed by atoms with E-state index in [0.717, 1.165) is 24.8 Å². The van der Waals surface area contributed by atoms with E-state index in [1.165, 1.54) is 11.1 Å². The summed E-state index contributed by atoms with van der Waals surface area (Å²) in [7, 11) is 0. The molecule has 0 aliphatic heterocycles. The predicted molar refractivity (Wildman–Crippen MR) is 84.0 cm³/mol. The van der Waals surface area contributed by atoms with Gasteiger partial charge in [-0.3, -0.25) is 4.98 Å². The molecule has 2 unspecified atom stereocenters. The van der Waals surface area contributed by atoms with E-state index >= 15 is 0 Å². The lowest BCUT2D eigenvalue weighted by Crippen LogP contribution is -2.44. The van der Waals surface area contributed by atoms with E-state index in [1.54, 1.807) is 6.20 Å². The van der Waals surface area contributed by atoms with E-state index in [1.807, 2.05) is 25.1 Å². The number of fused-ring (bicyclic) bond motifs is 1. The Balaban J connectivity index is 2.07. The number of aliphatic hydroxyl groups excluding tert-OH is 1. The lowest BCUT2D eigenvalue weighted by atomic mass is 9.66. The molecule has 110 valence electrons. The molecular weight excluding hydrogens is 260 g/mol. The smallest absolute Gasteiger partial charge is 0.107 e. The minimum absolute atomic E-state index is 0.420. The molecule has 3 rings (SSSR count). The molecule has 2 aromatic rings. The molecule has 1 heterocycles. The van der Waals surface area contributed by atoms with Gasteiger partial charge in [0.2, 0.25) is 0 Å². The third kappa shape index (κ3) is 2.37. The molecule has 2 atom stereocenters. The standard InChI is InChI=1S/C18H22N2O/c1-13-8-9-16(20-11-13)17(21)18(12-19)10-4-6-14-5-2-3-7-15(14)18/h2-3,5,7-9,11,17,21H,4,6,10,12,19H2,1H3. The number of aliphatic hydroxyl groups is 1. The maximum atomic E-state index is 11.0. The zero-order valence-electron chi connectivity index (χ0n) is 12.4. The van der Waals surface area contributed by atoms with Crippen LogP contribution in [0.2, 0.25) is 0 Å². The van der Waals surface area contributed by atoms with E-state index in [0.29, 0.717) is 12.2 Å². The van der Waals surface area contributed by atoms with Crippen LogP contribution in [-0.2, 0) is 11.8 Å². The van der Waals surface area contributed by atoms with Gasteiger partial charge in [-0.05, 0) is 48.9 Å². The molecule has 1 aromatic carbocycles. The Morgan fingerprint density at radius 1 is 1.29 bits per heavy atom. The monoisotopic (exact) mass is 282 g/mol. The van der Waals surface area contributed by atoms with Crippen LogP contribution in [0.4, 0.5) is 0 Å². The first kappa shape index (κ1) is 14.2. The first-order chi connectivity index (χ1) is 10.2. The average Bonchev–Trinajstić information content (AvgIpc) is 2.54. The molecule has 0 bridgehead atoms.